The molecule has 0 radical (unpaired) electrons. The first kappa shape index (κ1) is 21.5. The van der Waals surface area contributed by atoms with Crippen LogP contribution >= 0.6 is 0 Å². The van der Waals surface area contributed by atoms with Crippen LogP contribution in [0.5, 0.6) is 0 Å². The van der Waals surface area contributed by atoms with Gasteiger partial charge in [-0.2, -0.15) is 10.4 Å². The SMILES string of the molecule is N#CCC1CCC(n2c(-c3ncn[nH]3)nc3cnc4c(ccn4S(=O)(=O)c4ccccc4)c32)CC1. The molecule has 176 valence electrons. The number of benzene rings is 1. The Kier molecular flexibility index (Phi) is 5.11. The maximum Gasteiger partial charge on any atom is 0.269 e. The monoisotopic (exact) mass is 486 g/mol. The molecular weight excluding hydrogens is 464 g/mol. The van der Waals surface area contributed by atoms with Gasteiger partial charge in [0.15, 0.2) is 17.3 Å². The van der Waals surface area contributed by atoms with Crippen LogP contribution in [-0.2, 0) is 10.0 Å². The van der Waals surface area contributed by atoms with Gasteiger partial charge in [0.05, 0.1) is 22.7 Å². The van der Waals surface area contributed by atoms with Gasteiger partial charge in [0, 0.05) is 24.0 Å². The Balaban J connectivity index is 1.54. The van der Waals surface area contributed by atoms with E-state index in [0.717, 1.165) is 31.2 Å². The third kappa shape index (κ3) is 3.49. The van der Waals surface area contributed by atoms with Crippen molar-refractivity contribution in [3.63, 3.8) is 0 Å². The van der Waals surface area contributed by atoms with Gasteiger partial charge >= 0.3 is 0 Å². The number of H-pyrrole nitrogens is 1. The molecule has 0 saturated heterocycles. The zero-order valence-electron chi connectivity index (χ0n) is 18.7. The molecule has 0 unspecified atom stereocenters. The summed E-state index contributed by atoms with van der Waals surface area (Å²) in [5.41, 5.74) is 1.84. The zero-order chi connectivity index (χ0) is 24.0. The van der Waals surface area contributed by atoms with Crippen molar-refractivity contribution in [1.29, 1.82) is 5.26 Å². The van der Waals surface area contributed by atoms with Crippen molar-refractivity contribution >= 4 is 32.1 Å². The lowest BCUT2D eigenvalue weighted by Gasteiger charge is -2.29. The van der Waals surface area contributed by atoms with Gasteiger partial charge in [0.25, 0.3) is 10.0 Å². The molecule has 1 fully saturated rings. The van der Waals surface area contributed by atoms with Gasteiger partial charge in [0.1, 0.15) is 11.8 Å². The van der Waals surface area contributed by atoms with Crippen molar-refractivity contribution in [2.45, 2.75) is 43.0 Å². The minimum absolute atomic E-state index is 0.134. The molecular formula is C24H22N8O2S. The van der Waals surface area contributed by atoms with Gasteiger partial charge in [0.2, 0.25) is 0 Å². The number of hydrogen-bond donors (Lipinski definition) is 1. The second-order valence-electron chi connectivity index (χ2n) is 8.84. The van der Waals surface area contributed by atoms with Crippen LogP contribution in [0.25, 0.3) is 33.7 Å². The van der Waals surface area contributed by atoms with Gasteiger partial charge in [-0.1, -0.05) is 18.2 Å². The Labute approximate surface area is 201 Å². The van der Waals surface area contributed by atoms with E-state index in [1.54, 1.807) is 48.8 Å². The molecule has 5 aromatic rings. The molecule has 0 amide bonds. The Bertz CT molecular complexity index is 1660. The molecule has 0 spiro atoms. The third-order valence-corrected chi connectivity index (χ3v) is 8.50. The molecule has 1 aromatic carbocycles. The predicted octanol–water partition coefficient (Wildman–Crippen LogP) is 4.05. The van der Waals surface area contributed by atoms with E-state index in [9.17, 15) is 8.42 Å². The fourth-order valence-corrected chi connectivity index (χ4v) is 6.44. The first-order valence-corrected chi connectivity index (χ1v) is 12.9. The smallest absolute Gasteiger partial charge is 0.269 e. The molecule has 35 heavy (non-hydrogen) atoms. The lowest BCUT2D eigenvalue weighted by Crippen LogP contribution is -2.19. The van der Waals surface area contributed by atoms with Crippen LogP contribution < -0.4 is 0 Å². The van der Waals surface area contributed by atoms with Crippen molar-refractivity contribution in [3.05, 3.63) is 55.1 Å². The third-order valence-electron chi connectivity index (χ3n) is 6.82. The van der Waals surface area contributed by atoms with E-state index >= 15 is 0 Å². The molecule has 1 aliphatic carbocycles. The highest BCUT2D eigenvalue weighted by Crippen LogP contribution is 2.40. The van der Waals surface area contributed by atoms with Crippen LogP contribution in [0.4, 0.5) is 0 Å². The number of fused-ring (bicyclic) bond motifs is 3. The van der Waals surface area contributed by atoms with Gasteiger partial charge in [-0.15, -0.1) is 0 Å². The molecule has 4 heterocycles. The summed E-state index contributed by atoms with van der Waals surface area (Å²) in [7, 11) is -3.81. The van der Waals surface area contributed by atoms with E-state index in [2.05, 4.69) is 30.8 Å². The molecule has 11 heteroatoms. The molecule has 6 rings (SSSR count). The number of nitriles is 1. The molecule has 0 bridgehead atoms. The molecule has 1 aliphatic rings. The lowest BCUT2D eigenvalue weighted by atomic mass is 9.84. The highest BCUT2D eigenvalue weighted by Gasteiger charge is 2.29. The van der Waals surface area contributed by atoms with E-state index in [-0.39, 0.29) is 10.9 Å². The van der Waals surface area contributed by atoms with Crippen LogP contribution in [0, 0.1) is 17.2 Å². The van der Waals surface area contributed by atoms with Crippen LogP contribution in [-0.4, -0.2) is 42.1 Å². The Morgan fingerprint density at radius 2 is 1.89 bits per heavy atom. The number of rotatable bonds is 5. The molecule has 0 atom stereocenters. The minimum atomic E-state index is -3.81. The van der Waals surface area contributed by atoms with E-state index < -0.39 is 10.0 Å². The van der Waals surface area contributed by atoms with E-state index in [4.69, 9.17) is 10.2 Å². The normalized spacial score (nSPS) is 18.7. The van der Waals surface area contributed by atoms with E-state index in [1.165, 1.54) is 10.3 Å². The number of nitrogens with one attached hydrogen (secondary N) is 1. The van der Waals surface area contributed by atoms with Crippen molar-refractivity contribution in [3.8, 4) is 17.7 Å². The first-order valence-electron chi connectivity index (χ1n) is 11.5. The van der Waals surface area contributed by atoms with Crippen molar-refractivity contribution < 1.29 is 8.42 Å². The summed E-state index contributed by atoms with van der Waals surface area (Å²) in [5, 5.41) is 16.7. The average Bonchev–Trinajstić information content (AvgIpc) is 3.63. The maximum absolute atomic E-state index is 13.4. The molecule has 1 saturated carbocycles. The number of aromatic amines is 1. The highest BCUT2D eigenvalue weighted by molar-refractivity contribution is 7.90. The van der Waals surface area contributed by atoms with Crippen LogP contribution in [0.3, 0.4) is 0 Å². The summed E-state index contributed by atoms with van der Waals surface area (Å²) >= 11 is 0. The van der Waals surface area contributed by atoms with E-state index in [0.29, 0.717) is 40.5 Å². The van der Waals surface area contributed by atoms with Crippen molar-refractivity contribution in [1.82, 2.24) is 33.7 Å². The topological polar surface area (TPSA) is 135 Å². The Hall–Kier alpha value is -4.04. The average molecular weight is 487 g/mol. The summed E-state index contributed by atoms with van der Waals surface area (Å²) < 4.78 is 30.1. The van der Waals surface area contributed by atoms with Crippen molar-refractivity contribution in [2.75, 3.05) is 0 Å². The second kappa shape index (κ2) is 8.32. The standard InChI is InChI=1S/C24H22N8O2S/c25-12-10-16-6-8-17(9-7-16)32-21-19-11-13-31(35(33,34)18-4-2-1-3-5-18)23(19)26-14-20(21)29-24(32)22-27-15-28-30-22/h1-5,11,13-17H,6-10H2,(H,27,28,30). The van der Waals surface area contributed by atoms with Crippen molar-refractivity contribution in [2.24, 2.45) is 5.92 Å². The zero-order valence-corrected chi connectivity index (χ0v) is 19.6. The van der Waals surface area contributed by atoms with Crippen LogP contribution in [0.2, 0.25) is 0 Å². The second-order valence-corrected chi connectivity index (χ2v) is 10.7. The highest BCUT2D eigenvalue weighted by atomic mass is 32.2. The molecule has 0 aliphatic heterocycles. The minimum Gasteiger partial charge on any atom is -0.318 e. The first-order chi connectivity index (χ1) is 17.1. The van der Waals surface area contributed by atoms with Crippen LogP contribution in [0.15, 0.2) is 60.0 Å². The van der Waals surface area contributed by atoms with Gasteiger partial charge in [-0.05, 0) is 49.8 Å². The largest absolute Gasteiger partial charge is 0.318 e. The number of nitrogens with zero attached hydrogens (tertiary/aromatic N) is 7. The number of pyridine rings is 1. The predicted molar refractivity (Wildman–Crippen MR) is 129 cm³/mol. The fraction of sp³-hybridized carbons (Fsp3) is 0.292. The summed E-state index contributed by atoms with van der Waals surface area (Å²) in [4.78, 5) is 13.9. The molecule has 4 aromatic heterocycles. The number of imidazole rings is 1. The summed E-state index contributed by atoms with van der Waals surface area (Å²) in [6, 6.07) is 12.5. The van der Waals surface area contributed by atoms with Gasteiger partial charge in [-0.25, -0.2) is 27.3 Å². The van der Waals surface area contributed by atoms with Crippen LogP contribution in [0.1, 0.15) is 38.1 Å². The Morgan fingerprint density at radius 1 is 1.09 bits per heavy atom. The summed E-state index contributed by atoms with van der Waals surface area (Å²) in [5.74, 6) is 1.59. The lowest BCUT2D eigenvalue weighted by molar-refractivity contribution is 0.283. The maximum atomic E-state index is 13.4. The fourth-order valence-electron chi connectivity index (χ4n) is 5.12. The van der Waals surface area contributed by atoms with Gasteiger partial charge < -0.3 is 4.57 Å². The molecule has 10 nitrogen and oxygen atoms in total. The van der Waals surface area contributed by atoms with E-state index in [1.807, 2.05) is 0 Å². The summed E-state index contributed by atoms with van der Waals surface area (Å²) in [6.45, 7) is 0. The molecule has 1 N–H and O–H groups in total. The summed E-state index contributed by atoms with van der Waals surface area (Å²) in [6.07, 6.45) is 8.87. The van der Waals surface area contributed by atoms with Gasteiger partial charge in [-0.3, -0.25) is 5.10 Å². The Morgan fingerprint density at radius 3 is 2.60 bits per heavy atom. The quantitative estimate of drug-likeness (QED) is 0.396. The number of hydrogen-bond acceptors (Lipinski definition) is 7. The number of aromatic nitrogens is 7.